The quantitative estimate of drug-likeness (QED) is 0.259. The molecule has 2 aromatic heterocycles. The van der Waals surface area contributed by atoms with Gasteiger partial charge >= 0.3 is 0 Å². The van der Waals surface area contributed by atoms with E-state index in [1.165, 1.54) is 35.7 Å². The number of thiophene rings is 1. The molecule has 1 aliphatic rings. The third-order valence-electron chi connectivity index (χ3n) is 5.19. The standard InChI is InChI=1S/C22H16N6O3S/c23-10-14(21(29)26-22-18(11-24)17-6-1-2-7-19(17)32-22)8-15-12-25-27-20(15)13-4-3-5-16(9-13)28(30)31/h3-5,8-9,12H,1-2,6-7H2,(H,25,27)(H,26,29). The van der Waals surface area contributed by atoms with E-state index < -0.39 is 10.8 Å². The minimum atomic E-state index is -0.631. The van der Waals surface area contributed by atoms with E-state index in [-0.39, 0.29) is 11.3 Å². The molecule has 2 N–H and O–H groups in total. The number of hydrogen-bond acceptors (Lipinski definition) is 7. The summed E-state index contributed by atoms with van der Waals surface area (Å²) in [6, 6.07) is 10.0. The van der Waals surface area contributed by atoms with Crippen LogP contribution in [0.2, 0.25) is 0 Å². The van der Waals surface area contributed by atoms with Crippen LogP contribution in [0.3, 0.4) is 0 Å². The van der Waals surface area contributed by atoms with Crippen molar-refractivity contribution >= 4 is 34.0 Å². The summed E-state index contributed by atoms with van der Waals surface area (Å²) < 4.78 is 0. The van der Waals surface area contributed by atoms with Gasteiger partial charge in [-0.2, -0.15) is 15.6 Å². The molecule has 9 nitrogen and oxygen atoms in total. The fraction of sp³-hybridized carbons (Fsp3) is 0.182. The molecule has 2 heterocycles. The van der Waals surface area contributed by atoms with E-state index >= 15 is 0 Å². The summed E-state index contributed by atoms with van der Waals surface area (Å²) in [4.78, 5) is 24.5. The van der Waals surface area contributed by atoms with Crippen molar-refractivity contribution in [2.75, 3.05) is 5.32 Å². The van der Waals surface area contributed by atoms with Gasteiger partial charge in [-0.3, -0.25) is 20.0 Å². The second kappa shape index (κ2) is 8.84. The zero-order valence-corrected chi connectivity index (χ0v) is 17.5. The third kappa shape index (κ3) is 4.00. The number of nitriles is 2. The highest BCUT2D eigenvalue weighted by atomic mass is 32.1. The Hall–Kier alpha value is -4.28. The Kier molecular flexibility index (Phi) is 5.79. The second-order valence-corrected chi connectivity index (χ2v) is 8.26. The van der Waals surface area contributed by atoms with Gasteiger partial charge in [0.1, 0.15) is 22.7 Å². The van der Waals surface area contributed by atoms with Crippen LogP contribution in [-0.2, 0) is 17.6 Å². The highest BCUT2D eigenvalue weighted by Crippen LogP contribution is 2.38. The molecule has 3 aromatic rings. The molecule has 1 amide bonds. The number of rotatable bonds is 5. The molecule has 4 rings (SSSR count). The number of benzene rings is 1. The number of non-ortho nitro benzene ring substituents is 1. The molecule has 0 spiro atoms. The summed E-state index contributed by atoms with van der Waals surface area (Å²) in [5, 5.41) is 40.1. The largest absolute Gasteiger partial charge is 0.312 e. The Morgan fingerprint density at radius 1 is 1.31 bits per heavy atom. The molecule has 1 aliphatic carbocycles. The predicted octanol–water partition coefficient (Wildman–Crippen LogP) is 4.34. The number of nitrogens with zero attached hydrogens (tertiary/aromatic N) is 4. The van der Waals surface area contributed by atoms with Crippen LogP contribution in [0, 0.1) is 32.8 Å². The van der Waals surface area contributed by atoms with Crippen LogP contribution >= 0.6 is 11.3 Å². The topological polar surface area (TPSA) is 148 Å². The normalized spacial score (nSPS) is 13.0. The SMILES string of the molecule is N#CC(=Cc1cn[nH]c1-c1cccc([N+](=O)[O-])c1)C(=O)Nc1sc2c(c1C#N)CCCC2. The first-order valence-electron chi connectivity index (χ1n) is 9.77. The maximum Gasteiger partial charge on any atom is 0.270 e. The number of aryl methyl sites for hydroxylation is 1. The van der Waals surface area contributed by atoms with Crippen molar-refractivity contribution in [1.29, 1.82) is 10.5 Å². The summed E-state index contributed by atoms with van der Waals surface area (Å²) in [6.45, 7) is 0. The fourth-order valence-corrected chi connectivity index (χ4v) is 4.89. The Morgan fingerprint density at radius 2 is 2.12 bits per heavy atom. The lowest BCUT2D eigenvalue weighted by Crippen LogP contribution is -2.13. The number of carbonyl (C=O) groups is 1. The van der Waals surface area contributed by atoms with Crippen LogP contribution in [0.5, 0.6) is 0 Å². The average Bonchev–Trinajstić information content (AvgIpc) is 3.41. The highest BCUT2D eigenvalue weighted by molar-refractivity contribution is 7.16. The molecule has 158 valence electrons. The monoisotopic (exact) mass is 444 g/mol. The number of nitro benzene ring substituents is 1. The molecular formula is C22H16N6O3S. The van der Waals surface area contributed by atoms with Gasteiger partial charge < -0.3 is 5.32 Å². The molecule has 0 radical (unpaired) electrons. The highest BCUT2D eigenvalue weighted by Gasteiger charge is 2.23. The van der Waals surface area contributed by atoms with Gasteiger partial charge in [-0.15, -0.1) is 11.3 Å². The van der Waals surface area contributed by atoms with Gasteiger partial charge in [-0.05, 0) is 37.3 Å². The predicted molar refractivity (Wildman–Crippen MR) is 119 cm³/mol. The van der Waals surface area contributed by atoms with Crippen molar-refractivity contribution in [2.24, 2.45) is 0 Å². The van der Waals surface area contributed by atoms with Gasteiger partial charge in [0.2, 0.25) is 0 Å². The summed E-state index contributed by atoms with van der Waals surface area (Å²) in [6.07, 6.45) is 6.56. The number of aromatic amines is 1. The van der Waals surface area contributed by atoms with Crippen molar-refractivity contribution in [1.82, 2.24) is 10.2 Å². The van der Waals surface area contributed by atoms with Crippen LogP contribution in [0.15, 0.2) is 36.0 Å². The number of amides is 1. The molecule has 1 aromatic carbocycles. The maximum atomic E-state index is 12.8. The lowest BCUT2D eigenvalue weighted by Gasteiger charge is -2.09. The Labute approximate surface area is 186 Å². The van der Waals surface area contributed by atoms with Crippen LogP contribution in [0.4, 0.5) is 10.7 Å². The lowest BCUT2D eigenvalue weighted by atomic mass is 9.96. The smallest absolute Gasteiger partial charge is 0.270 e. The molecule has 32 heavy (non-hydrogen) atoms. The molecule has 0 unspecified atom stereocenters. The first-order valence-corrected chi connectivity index (χ1v) is 10.6. The Morgan fingerprint density at radius 3 is 2.88 bits per heavy atom. The van der Waals surface area contributed by atoms with E-state index in [1.54, 1.807) is 12.1 Å². The maximum absolute atomic E-state index is 12.8. The van der Waals surface area contributed by atoms with E-state index in [4.69, 9.17) is 0 Å². The van der Waals surface area contributed by atoms with Gasteiger partial charge in [0.25, 0.3) is 11.6 Å². The molecule has 0 atom stereocenters. The molecule has 10 heteroatoms. The van der Waals surface area contributed by atoms with Crippen LogP contribution in [0.25, 0.3) is 17.3 Å². The van der Waals surface area contributed by atoms with Crippen LogP contribution in [0.1, 0.15) is 34.4 Å². The van der Waals surface area contributed by atoms with Crippen LogP contribution in [-0.4, -0.2) is 21.0 Å². The van der Waals surface area contributed by atoms with E-state index in [2.05, 4.69) is 21.6 Å². The van der Waals surface area contributed by atoms with Gasteiger partial charge in [-0.1, -0.05) is 12.1 Å². The van der Waals surface area contributed by atoms with Gasteiger partial charge in [0, 0.05) is 28.1 Å². The minimum absolute atomic E-state index is 0.0871. The van der Waals surface area contributed by atoms with Gasteiger partial charge in [0.15, 0.2) is 0 Å². The van der Waals surface area contributed by atoms with Crippen molar-refractivity contribution in [3.63, 3.8) is 0 Å². The molecule has 0 bridgehead atoms. The number of aromatic nitrogens is 2. The van der Waals surface area contributed by atoms with Gasteiger partial charge in [-0.25, -0.2) is 0 Å². The molecule has 0 fully saturated rings. The number of anilines is 1. The van der Waals surface area contributed by atoms with Crippen molar-refractivity contribution in [3.8, 4) is 23.4 Å². The molecule has 0 saturated carbocycles. The number of nitrogens with one attached hydrogen (secondary N) is 2. The molecule has 0 aliphatic heterocycles. The number of carbonyl (C=O) groups excluding carboxylic acids is 1. The van der Waals surface area contributed by atoms with E-state index in [0.29, 0.717) is 27.4 Å². The summed E-state index contributed by atoms with van der Waals surface area (Å²) in [5.41, 5.74) is 2.57. The number of H-pyrrole nitrogens is 1. The minimum Gasteiger partial charge on any atom is -0.312 e. The van der Waals surface area contributed by atoms with Gasteiger partial charge in [0.05, 0.1) is 22.4 Å². The number of nitro groups is 1. The second-order valence-electron chi connectivity index (χ2n) is 7.16. The molecular weight excluding hydrogens is 428 g/mol. The van der Waals surface area contributed by atoms with Crippen molar-refractivity contribution in [2.45, 2.75) is 25.7 Å². The summed E-state index contributed by atoms with van der Waals surface area (Å²) in [5.74, 6) is -0.631. The zero-order chi connectivity index (χ0) is 22.7. The Balaban J connectivity index is 1.64. The van der Waals surface area contributed by atoms with Crippen LogP contribution < -0.4 is 5.32 Å². The summed E-state index contributed by atoms with van der Waals surface area (Å²) >= 11 is 1.38. The average molecular weight is 444 g/mol. The number of hydrogen-bond donors (Lipinski definition) is 2. The lowest BCUT2D eigenvalue weighted by molar-refractivity contribution is -0.384. The van der Waals surface area contributed by atoms with E-state index in [1.807, 2.05) is 6.07 Å². The molecule has 0 saturated heterocycles. The Bertz CT molecular complexity index is 1340. The zero-order valence-electron chi connectivity index (χ0n) is 16.7. The van der Waals surface area contributed by atoms with E-state index in [0.717, 1.165) is 36.1 Å². The van der Waals surface area contributed by atoms with E-state index in [9.17, 15) is 25.4 Å². The number of fused-ring (bicyclic) bond motifs is 1. The van der Waals surface area contributed by atoms with Crippen molar-refractivity contribution < 1.29 is 9.72 Å². The third-order valence-corrected chi connectivity index (χ3v) is 6.40. The first-order chi connectivity index (χ1) is 15.5. The summed E-state index contributed by atoms with van der Waals surface area (Å²) in [7, 11) is 0. The first kappa shape index (κ1) is 21.0. The van der Waals surface area contributed by atoms with Crippen molar-refractivity contribution in [3.05, 3.63) is 67.7 Å². The fourth-order valence-electron chi connectivity index (χ4n) is 3.66.